The van der Waals surface area contributed by atoms with Gasteiger partial charge in [0, 0.05) is 4.91 Å². The van der Waals surface area contributed by atoms with Crippen molar-refractivity contribution in [2.75, 3.05) is 0 Å². The van der Waals surface area contributed by atoms with Crippen LogP contribution in [-0.2, 0) is 4.79 Å². The topological polar surface area (TPSA) is 17.1 Å². The Balaban J connectivity index is 1.88. The number of hydrogen-bond donors (Lipinski definition) is 0. The van der Waals surface area contributed by atoms with Crippen molar-refractivity contribution in [3.8, 4) is 0 Å². The first kappa shape index (κ1) is 11.3. The molecule has 1 aliphatic rings. The van der Waals surface area contributed by atoms with Gasteiger partial charge < -0.3 is 0 Å². The minimum Gasteiger partial charge on any atom is -0.293 e. The first-order valence-electron chi connectivity index (χ1n) is 5.87. The van der Waals surface area contributed by atoms with Gasteiger partial charge in [-0.25, -0.2) is 0 Å². The van der Waals surface area contributed by atoms with E-state index >= 15 is 0 Å². The fourth-order valence-electron chi connectivity index (χ4n) is 2.04. The van der Waals surface area contributed by atoms with Crippen LogP contribution in [-0.4, -0.2) is 5.78 Å². The molecule has 1 unspecified atom stereocenters. The van der Waals surface area contributed by atoms with E-state index in [2.05, 4.69) is 0 Å². The third-order valence-corrected chi connectivity index (χ3v) is 4.28. The minimum atomic E-state index is -0.0820. The maximum Gasteiger partial charge on any atom is 0.174 e. The van der Waals surface area contributed by atoms with Crippen molar-refractivity contribution >= 4 is 22.5 Å². The standard InChI is InChI=1S/C16H12OS/c17-14-11-15(12-7-3-1-4-8-12)18-16(14)13-9-5-2-6-10-13/h1-11,16H. The van der Waals surface area contributed by atoms with Crippen molar-refractivity contribution in [2.45, 2.75) is 5.25 Å². The molecule has 1 aliphatic heterocycles. The third-order valence-electron chi connectivity index (χ3n) is 2.94. The van der Waals surface area contributed by atoms with Gasteiger partial charge in [-0.2, -0.15) is 0 Å². The van der Waals surface area contributed by atoms with Crippen molar-refractivity contribution in [2.24, 2.45) is 0 Å². The summed E-state index contributed by atoms with van der Waals surface area (Å²) in [6.45, 7) is 0. The molecule has 2 aromatic rings. The summed E-state index contributed by atoms with van der Waals surface area (Å²) in [5.41, 5.74) is 2.20. The van der Waals surface area contributed by atoms with E-state index in [9.17, 15) is 4.79 Å². The number of carbonyl (C=O) groups excluding carboxylic acids is 1. The lowest BCUT2D eigenvalue weighted by Crippen LogP contribution is -2.00. The van der Waals surface area contributed by atoms with Crippen molar-refractivity contribution in [3.05, 3.63) is 77.9 Å². The molecule has 1 atom stereocenters. The molecule has 0 bridgehead atoms. The summed E-state index contributed by atoms with van der Waals surface area (Å²) in [5.74, 6) is 0.185. The SMILES string of the molecule is O=C1C=C(c2ccccc2)SC1c1ccccc1. The molecule has 0 saturated heterocycles. The molecule has 18 heavy (non-hydrogen) atoms. The summed E-state index contributed by atoms with van der Waals surface area (Å²) in [4.78, 5) is 13.1. The summed E-state index contributed by atoms with van der Waals surface area (Å²) in [6.07, 6.45) is 1.76. The third kappa shape index (κ3) is 2.12. The van der Waals surface area contributed by atoms with Crippen LogP contribution in [0.4, 0.5) is 0 Å². The lowest BCUT2D eigenvalue weighted by atomic mass is 10.1. The molecule has 0 aromatic heterocycles. The van der Waals surface area contributed by atoms with E-state index in [-0.39, 0.29) is 11.0 Å². The molecule has 0 spiro atoms. The normalized spacial score (nSPS) is 18.8. The average Bonchev–Trinajstić information content (AvgIpc) is 2.83. The molecule has 88 valence electrons. The molecular formula is C16H12OS. The van der Waals surface area contributed by atoms with Gasteiger partial charge in [0.25, 0.3) is 0 Å². The Bertz CT molecular complexity index is 587. The molecule has 0 N–H and O–H groups in total. The summed E-state index contributed by atoms with van der Waals surface area (Å²) >= 11 is 1.64. The van der Waals surface area contributed by atoms with Crippen LogP contribution in [0.1, 0.15) is 16.4 Å². The average molecular weight is 252 g/mol. The second-order valence-electron chi connectivity index (χ2n) is 4.19. The molecule has 1 nitrogen and oxygen atoms in total. The van der Waals surface area contributed by atoms with E-state index < -0.39 is 0 Å². The van der Waals surface area contributed by atoms with Crippen LogP contribution in [0.3, 0.4) is 0 Å². The zero-order valence-electron chi connectivity index (χ0n) is 9.74. The quantitative estimate of drug-likeness (QED) is 0.801. The highest BCUT2D eigenvalue weighted by Crippen LogP contribution is 2.45. The first-order valence-corrected chi connectivity index (χ1v) is 6.75. The van der Waals surface area contributed by atoms with Crippen molar-refractivity contribution < 1.29 is 4.79 Å². The highest BCUT2D eigenvalue weighted by atomic mass is 32.2. The number of carbonyl (C=O) groups is 1. The summed E-state index contributed by atoms with van der Waals surface area (Å²) in [6, 6.07) is 20.0. The fraction of sp³-hybridized carbons (Fsp3) is 0.0625. The first-order chi connectivity index (χ1) is 8.84. The Morgan fingerprint density at radius 2 is 1.44 bits per heavy atom. The van der Waals surface area contributed by atoms with Crippen molar-refractivity contribution in [1.82, 2.24) is 0 Å². The van der Waals surface area contributed by atoms with Gasteiger partial charge in [-0.3, -0.25) is 4.79 Å². The van der Waals surface area contributed by atoms with Crippen LogP contribution in [0.5, 0.6) is 0 Å². The highest BCUT2D eigenvalue weighted by molar-refractivity contribution is 8.09. The molecule has 0 radical (unpaired) electrons. The summed E-state index contributed by atoms with van der Waals surface area (Å²) < 4.78 is 0. The van der Waals surface area contributed by atoms with Crippen molar-refractivity contribution in [3.63, 3.8) is 0 Å². The van der Waals surface area contributed by atoms with Gasteiger partial charge in [0.05, 0.1) is 5.25 Å². The highest BCUT2D eigenvalue weighted by Gasteiger charge is 2.27. The number of allylic oxidation sites excluding steroid dienone is 1. The van der Waals surface area contributed by atoms with E-state index in [1.807, 2.05) is 60.7 Å². The van der Waals surface area contributed by atoms with E-state index in [1.54, 1.807) is 17.8 Å². The van der Waals surface area contributed by atoms with Crippen LogP contribution < -0.4 is 0 Å². The number of rotatable bonds is 2. The van der Waals surface area contributed by atoms with Crippen LogP contribution in [0, 0.1) is 0 Å². The summed E-state index contributed by atoms with van der Waals surface area (Å²) in [5, 5.41) is -0.0820. The Morgan fingerprint density at radius 1 is 0.833 bits per heavy atom. The summed E-state index contributed by atoms with van der Waals surface area (Å²) in [7, 11) is 0. The molecule has 0 amide bonds. The molecule has 0 saturated carbocycles. The molecule has 2 heteroatoms. The number of thioether (sulfide) groups is 1. The van der Waals surface area contributed by atoms with Crippen molar-refractivity contribution in [1.29, 1.82) is 0 Å². The molecule has 0 fully saturated rings. The predicted octanol–water partition coefficient (Wildman–Crippen LogP) is 4.08. The fourth-order valence-corrected chi connectivity index (χ4v) is 3.23. The van der Waals surface area contributed by atoms with Gasteiger partial charge in [-0.05, 0) is 17.2 Å². The van der Waals surface area contributed by atoms with Gasteiger partial charge in [0.15, 0.2) is 5.78 Å². The Kier molecular flexibility index (Phi) is 3.03. The van der Waals surface area contributed by atoms with E-state index in [1.165, 1.54) is 0 Å². The lowest BCUT2D eigenvalue weighted by Gasteiger charge is -2.08. The maximum absolute atomic E-state index is 12.1. The molecule has 0 aliphatic carbocycles. The van der Waals surface area contributed by atoms with Crippen LogP contribution in [0.2, 0.25) is 0 Å². The Labute approximate surface area is 111 Å². The van der Waals surface area contributed by atoms with E-state index in [0.717, 1.165) is 16.0 Å². The van der Waals surface area contributed by atoms with Crippen LogP contribution in [0.25, 0.3) is 4.91 Å². The van der Waals surface area contributed by atoms with E-state index in [4.69, 9.17) is 0 Å². The second kappa shape index (κ2) is 4.83. The van der Waals surface area contributed by atoms with Crippen LogP contribution >= 0.6 is 11.8 Å². The number of ketones is 1. The largest absolute Gasteiger partial charge is 0.293 e. The molecule has 3 rings (SSSR count). The number of benzene rings is 2. The monoisotopic (exact) mass is 252 g/mol. The smallest absolute Gasteiger partial charge is 0.174 e. The van der Waals surface area contributed by atoms with Crippen LogP contribution in [0.15, 0.2) is 66.7 Å². The van der Waals surface area contributed by atoms with E-state index in [0.29, 0.717) is 0 Å². The predicted molar refractivity (Wildman–Crippen MR) is 76.2 cm³/mol. The zero-order valence-corrected chi connectivity index (χ0v) is 10.6. The van der Waals surface area contributed by atoms with Gasteiger partial charge in [-0.1, -0.05) is 60.7 Å². The minimum absolute atomic E-state index is 0.0820. The second-order valence-corrected chi connectivity index (χ2v) is 5.33. The Hall–Kier alpha value is -1.80. The number of hydrogen-bond acceptors (Lipinski definition) is 2. The maximum atomic E-state index is 12.1. The van der Waals surface area contributed by atoms with Gasteiger partial charge in [0.2, 0.25) is 0 Å². The molecular weight excluding hydrogens is 240 g/mol. The Morgan fingerprint density at radius 3 is 2.11 bits per heavy atom. The van der Waals surface area contributed by atoms with Gasteiger partial charge >= 0.3 is 0 Å². The molecule has 2 aromatic carbocycles. The van der Waals surface area contributed by atoms with Gasteiger partial charge in [0.1, 0.15) is 0 Å². The zero-order chi connectivity index (χ0) is 12.4. The lowest BCUT2D eigenvalue weighted by molar-refractivity contribution is -0.114. The van der Waals surface area contributed by atoms with Gasteiger partial charge in [-0.15, -0.1) is 11.8 Å². The molecule has 1 heterocycles.